The maximum absolute atomic E-state index is 12.6. The van der Waals surface area contributed by atoms with E-state index in [1.807, 2.05) is 12.3 Å². The summed E-state index contributed by atoms with van der Waals surface area (Å²) in [6, 6.07) is 0.996. The van der Waals surface area contributed by atoms with Crippen molar-refractivity contribution in [2.75, 3.05) is 17.3 Å². The van der Waals surface area contributed by atoms with E-state index in [0.29, 0.717) is 12.2 Å². The first kappa shape index (κ1) is 22.6. The Morgan fingerprint density at radius 3 is 2.44 bits per heavy atom. The fourth-order valence-corrected chi connectivity index (χ4v) is 2.79. The van der Waals surface area contributed by atoms with Crippen LogP contribution in [0.15, 0.2) is 4.42 Å². The number of nitriles is 1. The number of hydrogen-bond acceptors (Lipinski definition) is 7. The number of aryl methyl sites for hydroxylation is 1. The van der Waals surface area contributed by atoms with Gasteiger partial charge in [-0.25, -0.2) is 4.79 Å². The molecule has 8 nitrogen and oxygen atoms in total. The van der Waals surface area contributed by atoms with Crippen molar-refractivity contribution in [1.82, 2.24) is 5.32 Å². The van der Waals surface area contributed by atoms with E-state index in [1.54, 1.807) is 20.8 Å². The van der Waals surface area contributed by atoms with Gasteiger partial charge in [-0.1, -0.05) is 0 Å². The SMILES string of the molecule is CSCCC(NC(=O)OC(C)(C)C)C(=O)Nc1oc(C)c(C(C)=O)c1C#N. The molecule has 0 fully saturated rings. The number of alkyl carbamates (subject to hydrolysis) is 1. The summed E-state index contributed by atoms with van der Waals surface area (Å²) in [6.07, 6.45) is 1.52. The molecule has 0 saturated heterocycles. The first-order chi connectivity index (χ1) is 12.5. The number of ketones is 1. The van der Waals surface area contributed by atoms with E-state index >= 15 is 0 Å². The van der Waals surface area contributed by atoms with E-state index in [2.05, 4.69) is 10.6 Å². The number of carbonyl (C=O) groups excluding carboxylic acids is 3. The molecule has 0 aliphatic rings. The number of Topliss-reactive ketones (excluding diaryl/α,β-unsaturated/α-hetero) is 1. The van der Waals surface area contributed by atoms with Crippen molar-refractivity contribution in [2.24, 2.45) is 0 Å². The summed E-state index contributed by atoms with van der Waals surface area (Å²) >= 11 is 1.52. The van der Waals surface area contributed by atoms with Crippen molar-refractivity contribution in [3.8, 4) is 6.07 Å². The molecule has 0 saturated carbocycles. The van der Waals surface area contributed by atoms with E-state index < -0.39 is 23.6 Å². The van der Waals surface area contributed by atoms with E-state index in [1.165, 1.54) is 25.6 Å². The second-order valence-electron chi connectivity index (χ2n) is 6.87. The first-order valence-electron chi connectivity index (χ1n) is 8.33. The highest BCUT2D eigenvalue weighted by atomic mass is 32.2. The number of hydrogen-bond donors (Lipinski definition) is 2. The lowest BCUT2D eigenvalue weighted by molar-refractivity contribution is -0.118. The third-order valence-corrected chi connectivity index (χ3v) is 4.05. The van der Waals surface area contributed by atoms with Gasteiger partial charge < -0.3 is 14.5 Å². The molecule has 2 N–H and O–H groups in total. The highest BCUT2D eigenvalue weighted by Gasteiger charge is 2.27. The van der Waals surface area contributed by atoms with Gasteiger partial charge in [-0.15, -0.1) is 0 Å². The number of thioether (sulfide) groups is 1. The molecular weight excluding hydrogens is 370 g/mol. The van der Waals surface area contributed by atoms with Crippen LogP contribution in [0.25, 0.3) is 0 Å². The van der Waals surface area contributed by atoms with Gasteiger partial charge in [0.25, 0.3) is 0 Å². The predicted octanol–water partition coefficient (Wildman–Crippen LogP) is 3.25. The molecule has 2 amide bonds. The van der Waals surface area contributed by atoms with Crippen LogP contribution in [0, 0.1) is 18.3 Å². The van der Waals surface area contributed by atoms with Crippen LogP contribution in [-0.2, 0) is 9.53 Å². The molecule has 148 valence electrons. The minimum Gasteiger partial charge on any atom is -0.444 e. The van der Waals surface area contributed by atoms with Crippen LogP contribution in [0.5, 0.6) is 0 Å². The lowest BCUT2D eigenvalue weighted by Gasteiger charge is -2.23. The second kappa shape index (κ2) is 9.46. The van der Waals surface area contributed by atoms with Gasteiger partial charge in [0.1, 0.15) is 29.0 Å². The van der Waals surface area contributed by atoms with Crippen LogP contribution in [0.2, 0.25) is 0 Å². The zero-order valence-corrected chi connectivity index (χ0v) is 17.2. The molecule has 0 bridgehead atoms. The van der Waals surface area contributed by atoms with Crippen molar-refractivity contribution in [3.63, 3.8) is 0 Å². The number of furan rings is 1. The average Bonchev–Trinajstić information content (AvgIpc) is 2.84. The molecule has 0 spiro atoms. The normalized spacial score (nSPS) is 12.0. The molecule has 0 aliphatic heterocycles. The molecule has 1 aromatic heterocycles. The summed E-state index contributed by atoms with van der Waals surface area (Å²) in [7, 11) is 0. The van der Waals surface area contributed by atoms with Crippen LogP contribution in [0.1, 0.15) is 55.8 Å². The maximum Gasteiger partial charge on any atom is 0.408 e. The lowest BCUT2D eigenvalue weighted by atomic mass is 10.1. The summed E-state index contributed by atoms with van der Waals surface area (Å²) in [5.41, 5.74) is -0.601. The van der Waals surface area contributed by atoms with Gasteiger partial charge in [0, 0.05) is 0 Å². The largest absolute Gasteiger partial charge is 0.444 e. The fourth-order valence-electron chi connectivity index (χ4n) is 2.32. The van der Waals surface area contributed by atoms with Crippen LogP contribution >= 0.6 is 11.8 Å². The van der Waals surface area contributed by atoms with E-state index in [9.17, 15) is 19.6 Å². The molecule has 1 atom stereocenters. The third kappa shape index (κ3) is 6.64. The number of amides is 2. The van der Waals surface area contributed by atoms with Crippen LogP contribution in [0.4, 0.5) is 10.7 Å². The molecule has 1 heterocycles. The number of ether oxygens (including phenoxy) is 1. The number of anilines is 1. The molecule has 9 heteroatoms. The Hall–Kier alpha value is -2.47. The van der Waals surface area contributed by atoms with Crippen LogP contribution in [0.3, 0.4) is 0 Å². The van der Waals surface area contributed by atoms with Gasteiger partial charge in [0.2, 0.25) is 11.8 Å². The number of carbonyl (C=O) groups is 3. The smallest absolute Gasteiger partial charge is 0.408 e. The summed E-state index contributed by atoms with van der Waals surface area (Å²) in [4.78, 5) is 36.4. The summed E-state index contributed by atoms with van der Waals surface area (Å²) in [6.45, 7) is 8.01. The minimum atomic E-state index is -0.884. The van der Waals surface area contributed by atoms with Crippen molar-refractivity contribution >= 4 is 35.4 Å². The van der Waals surface area contributed by atoms with Gasteiger partial charge in [-0.3, -0.25) is 14.9 Å². The fraction of sp³-hybridized carbons (Fsp3) is 0.556. The quantitative estimate of drug-likeness (QED) is 0.680. The lowest BCUT2D eigenvalue weighted by Crippen LogP contribution is -2.46. The zero-order chi connectivity index (χ0) is 20.8. The van der Waals surface area contributed by atoms with Gasteiger partial charge in [-0.2, -0.15) is 17.0 Å². The highest BCUT2D eigenvalue weighted by molar-refractivity contribution is 7.98. The Morgan fingerprint density at radius 1 is 1.33 bits per heavy atom. The Balaban J connectivity index is 3.01. The molecule has 1 rings (SSSR count). The van der Waals surface area contributed by atoms with E-state index in [-0.39, 0.29) is 28.6 Å². The number of rotatable bonds is 7. The number of nitrogens with one attached hydrogen (secondary N) is 2. The minimum absolute atomic E-state index is 0.0331. The second-order valence-corrected chi connectivity index (χ2v) is 7.86. The molecular formula is C18H25N3O5S. The van der Waals surface area contributed by atoms with E-state index in [4.69, 9.17) is 9.15 Å². The Kier molecular flexibility index (Phi) is 7.91. The monoisotopic (exact) mass is 395 g/mol. The zero-order valence-electron chi connectivity index (χ0n) is 16.4. The molecule has 27 heavy (non-hydrogen) atoms. The molecule has 0 radical (unpaired) electrons. The highest BCUT2D eigenvalue weighted by Crippen LogP contribution is 2.27. The molecule has 1 aromatic rings. The van der Waals surface area contributed by atoms with Gasteiger partial charge >= 0.3 is 6.09 Å². The summed E-state index contributed by atoms with van der Waals surface area (Å²) < 4.78 is 10.6. The predicted molar refractivity (Wildman–Crippen MR) is 103 cm³/mol. The molecule has 1 unspecified atom stereocenters. The molecule has 0 aliphatic carbocycles. The van der Waals surface area contributed by atoms with Gasteiger partial charge in [-0.05, 0) is 53.0 Å². The summed E-state index contributed by atoms with van der Waals surface area (Å²) in [5.74, 6) is -0.135. The standard InChI is InChI=1S/C18H25N3O5S/c1-10(22)14-11(2)25-16(12(14)9-19)21-15(23)13(7-8-27-6)20-17(24)26-18(3,4)5/h13H,7-8H2,1-6H3,(H,20,24)(H,21,23). The van der Waals surface area contributed by atoms with Crippen LogP contribution < -0.4 is 10.6 Å². The summed E-state index contributed by atoms with van der Waals surface area (Å²) in [5, 5.41) is 14.3. The van der Waals surface area contributed by atoms with Crippen molar-refractivity contribution in [1.29, 1.82) is 5.26 Å². The maximum atomic E-state index is 12.6. The van der Waals surface area contributed by atoms with Crippen molar-refractivity contribution in [3.05, 3.63) is 16.9 Å². The van der Waals surface area contributed by atoms with Crippen molar-refractivity contribution in [2.45, 2.75) is 52.7 Å². The third-order valence-electron chi connectivity index (χ3n) is 3.40. The van der Waals surface area contributed by atoms with Crippen molar-refractivity contribution < 1.29 is 23.5 Å². The Bertz CT molecular complexity index is 758. The van der Waals surface area contributed by atoms with Gasteiger partial charge in [0.05, 0.1) is 5.56 Å². The topological polar surface area (TPSA) is 121 Å². The van der Waals surface area contributed by atoms with E-state index in [0.717, 1.165) is 0 Å². The first-order valence-corrected chi connectivity index (χ1v) is 9.73. The van der Waals surface area contributed by atoms with Crippen LogP contribution in [-0.4, -0.2) is 41.4 Å². The Labute approximate surface area is 163 Å². The van der Waals surface area contributed by atoms with Gasteiger partial charge in [0.15, 0.2) is 5.78 Å². The molecule has 0 aromatic carbocycles. The average molecular weight is 395 g/mol. The number of nitrogens with zero attached hydrogens (tertiary/aromatic N) is 1. The Morgan fingerprint density at radius 2 is 1.96 bits per heavy atom.